The molecule has 17 heavy (non-hydrogen) atoms. The first-order valence-corrected chi connectivity index (χ1v) is 5.66. The molecule has 0 aromatic heterocycles. The Labute approximate surface area is 98.4 Å². The average molecular weight is 244 g/mol. The van der Waals surface area contributed by atoms with Crippen molar-refractivity contribution in [3.8, 4) is 0 Å². The third-order valence-corrected chi connectivity index (χ3v) is 2.96. The van der Waals surface area contributed by atoms with Crippen molar-refractivity contribution in [2.24, 2.45) is 0 Å². The first-order chi connectivity index (χ1) is 8.08. The minimum Gasteiger partial charge on any atom is -0.312 e. The zero-order valence-electron chi connectivity index (χ0n) is 9.64. The molecule has 1 unspecified atom stereocenters. The van der Waals surface area contributed by atoms with Crippen LogP contribution in [0, 0.1) is 17.5 Å². The van der Waals surface area contributed by atoms with Crippen LogP contribution in [0.4, 0.5) is 13.2 Å². The molecule has 5 heteroatoms. The molecule has 94 valence electrons. The lowest BCUT2D eigenvalue weighted by molar-refractivity contribution is 0.196. The maximum atomic E-state index is 13.5. The van der Waals surface area contributed by atoms with Crippen LogP contribution in [0.1, 0.15) is 12.5 Å². The van der Waals surface area contributed by atoms with Gasteiger partial charge in [-0.05, 0) is 13.0 Å². The summed E-state index contributed by atoms with van der Waals surface area (Å²) in [4.78, 5) is 2.02. The molecule has 2 rings (SSSR count). The van der Waals surface area contributed by atoms with E-state index in [-0.39, 0.29) is 5.56 Å². The van der Waals surface area contributed by atoms with Crippen molar-refractivity contribution in [2.45, 2.75) is 19.5 Å². The predicted octanol–water partition coefficient (Wildman–Crippen LogP) is 1.90. The third kappa shape index (κ3) is 2.79. The van der Waals surface area contributed by atoms with Gasteiger partial charge in [-0.25, -0.2) is 13.2 Å². The maximum Gasteiger partial charge on any atom is 0.194 e. The topological polar surface area (TPSA) is 15.3 Å². The van der Waals surface area contributed by atoms with Crippen LogP contribution in [0.15, 0.2) is 12.1 Å². The van der Waals surface area contributed by atoms with Crippen LogP contribution in [0.3, 0.4) is 0 Å². The Kier molecular flexibility index (Phi) is 3.69. The fourth-order valence-electron chi connectivity index (χ4n) is 2.08. The van der Waals surface area contributed by atoms with Gasteiger partial charge in [-0.2, -0.15) is 0 Å². The van der Waals surface area contributed by atoms with Crippen molar-refractivity contribution >= 4 is 0 Å². The van der Waals surface area contributed by atoms with E-state index in [1.54, 1.807) is 0 Å². The van der Waals surface area contributed by atoms with E-state index >= 15 is 0 Å². The molecule has 2 nitrogen and oxygen atoms in total. The second-order valence-electron chi connectivity index (χ2n) is 4.42. The van der Waals surface area contributed by atoms with E-state index in [1.165, 1.54) is 6.07 Å². The minimum atomic E-state index is -1.38. The van der Waals surface area contributed by atoms with Crippen molar-refractivity contribution in [3.05, 3.63) is 35.1 Å². The summed E-state index contributed by atoms with van der Waals surface area (Å²) < 4.78 is 39.3. The number of hydrogen-bond acceptors (Lipinski definition) is 2. The number of halogens is 3. The summed E-state index contributed by atoms with van der Waals surface area (Å²) in [6.07, 6.45) is 0. The van der Waals surface area contributed by atoms with Crippen LogP contribution in [-0.2, 0) is 6.54 Å². The Morgan fingerprint density at radius 2 is 2.06 bits per heavy atom. The first kappa shape index (κ1) is 12.4. The van der Waals surface area contributed by atoms with E-state index in [9.17, 15) is 13.2 Å². The molecule has 0 radical (unpaired) electrons. The molecule has 1 atom stereocenters. The SMILES string of the molecule is CC1CN(Cc2ccc(F)c(F)c2F)CCN1. The number of piperazine rings is 1. The Morgan fingerprint density at radius 3 is 2.76 bits per heavy atom. The number of nitrogens with one attached hydrogen (secondary N) is 1. The van der Waals surface area contributed by atoms with E-state index in [0.717, 1.165) is 25.7 Å². The van der Waals surface area contributed by atoms with Gasteiger partial charge >= 0.3 is 0 Å². The monoisotopic (exact) mass is 244 g/mol. The van der Waals surface area contributed by atoms with Crippen molar-refractivity contribution in [1.29, 1.82) is 0 Å². The van der Waals surface area contributed by atoms with Gasteiger partial charge in [0.1, 0.15) is 0 Å². The quantitative estimate of drug-likeness (QED) is 0.799. The van der Waals surface area contributed by atoms with E-state index < -0.39 is 17.5 Å². The maximum absolute atomic E-state index is 13.5. The molecule has 1 N–H and O–H groups in total. The Bertz CT molecular complexity index is 409. The number of rotatable bonds is 2. The number of hydrogen-bond donors (Lipinski definition) is 1. The van der Waals surface area contributed by atoms with Crippen LogP contribution in [0.2, 0.25) is 0 Å². The molecule has 1 heterocycles. The van der Waals surface area contributed by atoms with Gasteiger partial charge in [-0.1, -0.05) is 6.07 Å². The normalized spacial score (nSPS) is 21.8. The Hall–Kier alpha value is -1.07. The Morgan fingerprint density at radius 1 is 1.29 bits per heavy atom. The number of benzene rings is 1. The summed E-state index contributed by atoms with van der Waals surface area (Å²) in [7, 11) is 0. The first-order valence-electron chi connectivity index (χ1n) is 5.66. The van der Waals surface area contributed by atoms with Crippen molar-refractivity contribution in [1.82, 2.24) is 10.2 Å². The van der Waals surface area contributed by atoms with Gasteiger partial charge < -0.3 is 5.32 Å². The largest absolute Gasteiger partial charge is 0.312 e. The molecule has 1 saturated heterocycles. The molecule has 0 amide bonds. The summed E-state index contributed by atoms with van der Waals surface area (Å²) in [6.45, 7) is 4.73. The second kappa shape index (κ2) is 5.06. The highest BCUT2D eigenvalue weighted by Gasteiger charge is 2.19. The third-order valence-electron chi connectivity index (χ3n) is 2.96. The summed E-state index contributed by atoms with van der Waals surface area (Å²) in [5.41, 5.74) is 0.206. The van der Waals surface area contributed by atoms with Gasteiger partial charge in [-0.3, -0.25) is 4.90 Å². The summed E-state index contributed by atoms with van der Waals surface area (Å²) in [5, 5.41) is 3.26. The van der Waals surface area contributed by atoms with E-state index in [2.05, 4.69) is 5.32 Å². The van der Waals surface area contributed by atoms with Crippen LogP contribution >= 0.6 is 0 Å². The van der Waals surface area contributed by atoms with Gasteiger partial charge in [0.05, 0.1) is 0 Å². The highest BCUT2D eigenvalue weighted by atomic mass is 19.2. The Balaban J connectivity index is 2.10. The fourth-order valence-corrected chi connectivity index (χ4v) is 2.08. The molecular formula is C12H15F3N2. The molecular weight excluding hydrogens is 229 g/mol. The highest BCUT2D eigenvalue weighted by molar-refractivity contribution is 5.20. The van der Waals surface area contributed by atoms with Crippen LogP contribution in [-0.4, -0.2) is 30.6 Å². The zero-order valence-corrected chi connectivity index (χ0v) is 9.64. The van der Waals surface area contributed by atoms with Gasteiger partial charge in [0.2, 0.25) is 0 Å². The summed E-state index contributed by atoms with van der Waals surface area (Å²) in [6, 6.07) is 2.61. The minimum absolute atomic E-state index is 0.206. The molecule has 0 spiro atoms. The zero-order chi connectivity index (χ0) is 12.4. The summed E-state index contributed by atoms with van der Waals surface area (Å²) in [5.74, 6) is -3.60. The van der Waals surface area contributed by atoms with Gasteiger partial charge in [0, 0.05) is 37.8 Å². The molecule has 1 aromatic carbocycles. The van der Waals surface area contributed by atoms with E-state index in [4.69, 9.17) is 0 Å². The molecule has 1 fully saturated rings. The molecule has 0 bridgehead atoms. The van der Waals surface area contributed by atoms with Gasteiger partial charge in [-0.15, -0.1) is 0 Å². The average Bonchev–Trinajstić information content (AvgIpc) is 2.30. The fraction of sp³-hybridized carbons (Fsp3) is 0.500. The number of nitrogens with zero attached hydrogens (tertiary/aromatic N) is 1. The lowest BCUT2D eigenvalue weighted by Crippen LogP contribution is -2.48. The standard InChI is InChI=1S/C12H15F3N2/c1-8-6-17(5-4-16-8)7-9-2-3-10(13)12(15)11(9)14/h2-3,8,16H,4-7H2,1H3. The lowest BCUT2D eigenvalue weighted by atomic mass is 10.1. The van der Waals surface area contributed by atoms with Crippen molar-refractivity contribution < 1.29 is 13.2 Å². The molecule has 0 aliphatic carbocycles. The van der Waals surface area contributed by atoms with Crippen molar-refractivity contribution in [3.63, 3.8) is 0 Å². The van der Waals surface area contributed by atoms with Crippen LogP contribution < -0.4 is 5.32 Å². The molecule has 1 aromatic rings. The van der Waals surface area contributed by atoms with Crippen LogP contribution in [0.25, 0.3) is 0 Å². The lowest BCUT2D eigenvalue weighted by Gasteiger charge is -2.31. The predicted molar refractivity (Wildman–Crippen MR) is 59.1 cm³/mol. The highest BCUT2D eigenvalue weighted by Crippen LogP contribution is 2.17. The van der Waals surface area contributed by atoms with Crippen molar-refractivity contribution in [2.75, 3.05) is 19.6 Å². The molecule has 1 aliphatic rings. The van der Waals surface area contributed by atoms with E-state index in [0.29, 0.717) is 12.6 Å². The second-order valence-corrected chi connectivity index (χ2v) is 4.42. The van der Waals surface area contributed by atoms with E-state index in [1.807, 2.05) is 11.8 Å². The van der Waals surface area contributed by atoms with Crippen LogP contribution in [0.5, 0.6) is 0 Å². The molecule has 1 aliphatic heterocycles. The van der Waals surface area contributed by atoms with Gasteiger partial charge in [0.25, 0.3) is 0 Å². The molecule has 0 saturated carbocycles. The summed E-state index contributed by atoms with van der Waals surface area (Å²) >= 11 is 0. The smallest absolute Gasteiger partial charge is 0.194 e. The van der Waals surface area contributed by atoms with Gasteiger partial charge in [0.15, 0.2) is 17.5 Å².